The summed E-state index contributed by atoms with van der Waals surface area (Å²) in [6, 6.07) is -0.386. The van der Waals surface area contributed by atoms with E-state index in [4.69, 9.17) is 0 Å². The van der Waals surface area contributed by atoms with Crippen molar-refractivity contribution in [3.63, 3.8) is 0 Å². The molecule has 3 nitrogen and oxygen atoms in total. The maximum absolute atomic E-state index is 12.0. The minimum atomic E-state index is -0.521. The van der Waals surface area contributed by atoms with Gasteiger partial charge in [-0.25, -0.2) is 9.18 Å². The summed E-state index contributed by atoms with van der Waals surface area (Å²) >= 11 is 1.83. The first-order valence-corrected chi connectivity index (χ1v) is 5.58. The van der Waals surface area contributed by atoms with E-state index >= 15 is 0 Å². The zero-order valence-electron chi connectivity index (χ0n) is 7.68. The maximum atomic E-state index is 12.0. The molecule has 2 atom stereocenters. The predicted molar refractivity (Wildman–Crippen MR) is 52.8 cm³/mol. The number of thioether (sulfide) groups is 1. The molecular formula is C8H15FN2OS. The molecule has 1 rings (SSSR count). The van der Waals surface area contributed by atoms with Gasteiger partial charge in [0.1, 0.15) is 6.67 Å². The highest BCUT2D eigenvalue weighted by Gasteiger charge is 2.17. The van der Waals surface area contributed by atoms with Crippen LogP contribution >= 0.6 is 11.8 Å². The van der Waals surface area contributed by atoms with Crippen LogP contribution in [0.5, 0.6) is 0 Å². The lowest BCUT2D eigenvalue weighted by Gasteiger charge is -2.14. The summed E-state index contributed by atoms with van der Waals surface area (Å²) in [5.41, 5.74) is 0. The number of halogens is 1. The highest BCUT2D eigenvalue weighted by Crippen LogP contribution is 2.16. The number of hydrogen-bond acceptors (Lipinski definition) is 2. The molecule has 0 aromatic carbocycles. The number of amides is 2. The first-order chi connectivity index (χ1) is 6.22. The van der Waals surface area contributed by atoms with Crippen LogP contribution in [0.4, 0.5) is 9.18 Å². The van der Waals surface area contributed by atoms with Crippen molar-refractivity contribution in [2.45, 2.75) is 25.4 Å². The molecule has 1 aliphatic rings. The van der Waals surface area contributed by atoms with Crippen molar-refractivity contribution in [2.24, 2.45) is 0 Å². The van der Waals surface area contributed by atoms with E-state index < -0.39 is 12.7 Å². The van der Waals surface area contributed by atoms with E-state index in [-0.39, 0.29) is 12.1 Å². The quantitative estimate of drug-likeness (QED) is 0.727. The number of hydrogen-bond donors (Lipinski definition) is 2. The number of nitrogens with one attached hydrogen (secondary N) is 2. The van der Waals surface area contributed by atoms with E-state index in [9.17, 15) is 9.18 Å². The van der Waals surface area contributed by atoms with Crippen LogP contribution in [0.1, 0.15) is 13.3 Å². The smallest absolute Gasteiger partial charge is 0.315 e. The van der Waals surface area contributed by atoms with Gasteiger partial charge in [0.05, 0.1) is 6.04 Å². The van der Waals surface area contributed by atoms with Crippen molar-refractivity contribution in [1.82, 2.24) is 10.6 Å². The van der Waals surface area contributed by atoms with Gasteiger partial charge in [-0.2, -0.15) is 11.8 Å². The van der Waals surface area contributed by atoms with Gasteiger partial charge < -0.3 is 10.6 Å². The Labute approximate surface area is 81.8 Å². The Morgan fingerprint density at radius 2 is 2.54 bits per heavy atom. The van der Waals surface area contributed by atoms with Gasteiger partial charge in [-0.1, -0.05) is 0 Å². The number of carbonyl (C=O) groups excluding carboxylic acids is 1. The standard InChI is InChI=1S/C8H15FN2OS/c1-6(4-9)10-8(12)11-7-2-3-13-5-7/h6-7H,2-5H2,1H3,(H2,10,11,12)/t6-,7?/m0/s1. The molecule has 2 amide bonds. The van der Waals surface area contributed by atoms with Crippen LogP contribution in [0.15, 0.2) is 0 Å². The molecule has 0 spiro atoms. The van der Waals surface area contributed by atoms with Gasteiger partial charge in [0.25, 0.3) is 0 Å². The Kier molecular flexibility index (Phi) is 4.35. The van der Waals surface area contributed by atoms with Crippen molar-refractivity contribution < 1.29 is 9.18 Å². The fourth-order valence-electron chi connectivity index (χ4n) is 1.14. The Hall–Kier alpha value is -0.450. The van der Waals surface area contributed by atoms with Crippen molar-refractivity contribution in [3.05, 3.63) is 0 Å². The fraction of sp³-hybridized carbons (Fsp3) is 0.875. The summed E-state index contributed by atoms with van der Waals surface area (Å²) in [5.74, 6) is 2.07. The lowest BCUT2D eigenvalue weighted by atomic mass is 10.3. The van der Waals surface area contributed by atoms with Gasteiger partial charge in [-0.15, -0.1) is 0 Å². The lowest BCUT2D eigenvalue weighted by molar-refractivity contribution is 0.232. The second kappa shape index (κ2) is 5.32. The SMILES string of the molecule is C[C@@H](CF)NC(=O)NC1CCSC1. The molecule has 5 heteroatoms. The number of alkyl halides is 1. The van der Waals surface area contributed by atoms with Crippen LogP contribution in [0, 0.1) is 0 Å². The topological polar surface area (TPSA) is 41.1 Å². The molecule has 0 bridgehead atoms. The first kappa shape index (κ1) is 10.6. The normalized spacial score (nSPS) is 24.0. The summed E-state index contributed by atoms with van der Waals surface area (Å²) in [4.78, 5) is 11.2. The minimum Gasteiger partial charge on any atom is -0.335 e. The molecule has 1 fully saturated rings. The molecule has 1 aliphatic heterocycles. The van der Waals surface area contributed by atoms with Crippen molar-refractivity contribution in [1.29, 1.82) is 0 Å². The third-order valence-corrected chi connectivity index (χ3v) is 3.04. The van der Waals surface area contributed by atoms with E-state index in [0.717, 1.165) is 17.9 Å². The third kappa shape index (κ3) is 3.85. The largest absolute Gasteiger partial charge is 0.335 e. The zero-order valence-corrected chi connectivity index (χ0v) is 8.49. The average molecular weight is 206 g/mol. The van der Waals surface area contributed by atoms with Gasteiger partial charge >= 0.3 is 6.03 Å². The molecule has 2 N–H and O–H groups in total. The molecule has 0 radical (unpaired) electrons. The Morgan fingerprint density at radius 1 is 1.77 bits per heavy atom. The van der Waals surface area contributed by atoms with Crippen molar-refractivity contribution in [3.8, 4) is 0 Å². The van der Waals surface area contributed by atoms with E-state index in [1.165, 1.54) is 0 Å². The molecular weight excluding hydrogens is 191 g/mol. The minimum absolute atomic E-state index is 0.252. The lowest BCUT2D eigenvalue weighted by Crippen LogP contribution is -2.46. The Balaban J connectivity index is 2.16. The fourth-order valence-corrected chi connectivity index (χ4v) is 2.29. The molecule has 0 saturated carbocycles. The Bertz CT molecular complexity index is 174. The summed E-state index contributed by atoms with van der Waals surface area (Å²) in [6.07, 6.45) is 1.02. The van der Waals surface area contributed by atoms with Crippen molar-refractivity contribution in [2.75, 3.05) is 18.2 Å². The number of carbonyl (C=O) groups is 1. The zero-order chi connectivity index (χ0) is 9.68. The number of urea groups is 1. The molecule has 0 aliphatic carbocycles. The van der Waals surface area contributed by atoms with E-state index in [2.05, 4.69) is 10.6 Å². The van der Waals surface area contributed by atoms with Crippen LogP contribution in [0.2, 0.25) is 0 Å². The van der Waals surface area contributed by atoms with Gasteiger partial charge in [0.2, 0.25) is 0 Å². The van der Waals surface area contributed by atoms with Crippen LogP contribution < -0.4 is 10.6 Å². The summed E-state index contributed by atoms with van der Waals surface area (Å²) < 4.78 is 12.0. The third-order valence-electron chi connectivity index (χ3n) is 1.87. The van der Waals surface area contributed by atoms with Gasteiger partial charge in [-0.05, 0) is 19.1 Å². The molecule has 0 aromatic heterocycles. The molecule has 1 saturated heterocycles. The van der Waals surface area contributed by atoms with E-state index in [0.29, 0.717) is 0 Å². The van der Waals surface area contributed by atoms with Crippen LogP contribution in [-0.4, -0.2) is 36.3 Å². The number of rotatable bonds is 3. The monoisotopic (exact) mass is 206 g/mol. The summed E-state index contributed by atoms with van der Waals surface area (Å²) in [7, 11) is 0. The predicted octanol–water partition coefficient (Wildman–Crippen LogP) is 1.15. The van der Waals surface area contributed by atoms with Gasteiger partial charge in [0, 0.05) is 11.8 Å². The molecule has 76 valence electrons. The highest BCUT2D eigenvalue weighted by atomic mass is 32.2. The average Bonchev–Trinajstić information content (AvgIpc) is 2.56. The van der Waals surface area contributed by atoms with Gasteiger partial charge in [-0.3, -0.25) is 0 Å². The van der Waals surface area contributed by atoms with Gasteiger partial charge in [0.15, 0.2) is 0 Å². The van der Waals surface area contributed by atoms with Crippen LogP contribution in [0.3, 0.4) is 0 Å². The molecule has 13 heavy (non-hydrogen) atoms. The van der Waals surface area contributed by atoms with Crippen LogP contribution in [0.25, 0.3) is 0 Å². The second-order valence-corrected chi connectivity index (χ2v) is 4.38. The molecule has 0 aromatic rings. The molecule has 1 heterocycles. The summed E-state index contributed by atoms with van der Waals surface area (Å²) in [6.45, 7) is 1.12. The Morgan fingerprint density at radius 3 is 3.08 bits per heavy atom. The van der Waals surface area contributed by atoms with Crippen LogP contribution in [-0.2, 0) is 0 Å². The first-order valence-electron chi connectivity index (χ1n) is 4.43. The van der Waals surface area contributed by atoms with E-state index in [1.807, 2.05) is 11.8 Å². The second-order valence-electron chi connectivity index (χ2n) is 3.23. The highest BCUT2D eigenvalue weighted by molar-refractivity contribution is 7.99. The summed E-state index contributed by atoms with van der Waals surface area (Å²) in [5, 5.41) is 5.33. The van der Waals surface area contributed by atoms with E-state index in [1.54, 1.807) is 6.92 Å². The maximum Gasteiger partial charge on any atom is 0.315 e. The van der Waals surface area contributed by atoms with Crippen molar-refractivity contribution >= 4 is 17.8 Å². The molecule has 1 unspecified atom stereocenters.